The number of H-pyrrole nitrogens is 1. The molecule has 1 fully saturated rings. The first kappa shape index (κ1) is 12.5. The van der Waals surface area contributed by atoms with Gasteiger partial charge in [-0.2, -0.15) is 10.8 Å². The van der Waals surface area contributed by atoms with Crippen LogP contribution < -0.4 is 21.9 Å². The molecule has 1 aromatic rings. The molecule has 18 heavy (non-hydrogen) atoms. The minimum Gasteiger partial charge on any atom is -0.394 e. The predicted octanol–water partition coefficient (Wildman–Crippen LogP) is -3.21. The van der Waals surface area contributed by atoms with E-state index < -0.39 is 23.6 Å². The van der Waals surface area contributed by atoms with Crippen LogP contribution in [0.25, 0.3) is 5.53 Å². The Balaban J connectivity index is 2.23. The number of aromatic amines is 1. The number of hydrogen-bond donors (Lipinski definition) is 4. The molecule has 0 bridgehead atoms. The van der Waals surface area contributed by atoms with E-state index in [0.717, 1.165) is 0 Å². The molecule has 0 radical (unpaired) electrons. The molecule has 1 aliphatic heterocycles. The second-order valence-corrected chi connectivity index (χ2v) is 3.93. The second kappa shape index (κ2) is 5.10. The lowest BCUT2D eigenvalue weighted by atomic mass is 10.1. The lowest BCUT2D eigenvalue weighted by Gasteiger charge is -2.15. The van der Waals surface area contributed by atoms with Gasteiger partial charge in [-0.15, -0.1) is 0 Å². The second-order valence-electron chi connectivity index (χ2n) is 3.93. The van der Waals surface area contributed by atoms with Crippen LogP contribution in [0.3, 0.4) is 0 Å². The molecule has 0 unspecified atom stereocenters. The molecule has 98 valence electrons. The fourth-order valence-corrected chi connectivity index (χ4v) is 1.96. The van der Waals surface area contributed by atoms with Crippen molar-refractivity contribution in [3.63, 3.8) is 0 Å². The lowest BCUT2D eigenvalue weighted by Crippen LogP contribution is -2.79. The average molecular weight is 255 g/mol. The van der Waals surface area contributed by atoms with Gasteiger partial charge >= 0.3 is 5.69 Å². The van der Waals surface area contributed by atoms with E-state index >= 15 is 0 Å². The molecule has 9 nitrogen and oxygen atoms in total. The maximum atomic E-state index is 11.6. The minimum atomic E-state index is -0.614. The van der Waals surface area contributed by atoms with Gasteiger partial charge in [0.25, 0.3) is 5.56 Å². The molecule has 3 atom stereocenters. The van der Waals surface area contributed by atoms with Crippen molar-refractivity contribution in [3.05, 3.63) is 38.6 Å². The van der Waals surface area contributed by atoms with Crippen LogP contribution >= 0.6 is 0 Å². The number of rotatable bonds is 4. The first-order valence-corrected chi connectivity index (χ1v) is 5.38. The molecule has 1 aromatic heterocycles. The van der Waals surface area contributed by atoms with Crippen molar-refractivity contribution >= 4 is 0 Å². The summed E-state index contributed by atoms with van der Waals surface area (Å²) < 4.78 is 6.69. The van der Waals surface area contributed by atoms with E-state index in [-0.39, 0.29) is 12.6 Å². The Bertz CT molecular complexity index is 538. The highest BCUT2D eigenvalue weighted by atomic mass is 16.5. The molecule has 0 aliphatic carbocycles. The maximum Gasteiger partial charge on any atom is 0.330 e. The Kier molecular flexibility index (Phi) is 3.53. The Morgan fingerprint density at radius 3 is 3.06 bits per heavy atom. The van der Waals surface area contributed by atoms with Crippen LogP contribution in [0, 0.1) is 0 Å². The normalized spacial score (nSPS) is 27.1. The number of nitrogens with one attached hydrogen (secondary N) is 3. The van der Waals surface area contributed by atoms with Gasteiger partial charge in [-0.25, -0.2) is 4.79 Å². The fourth-order valence-electron chi connectivity index (χ4n) is 1.96. The molecule has 0 amide bonds. The number of ether oxygens (including phenoxy) is 1. The standard InChI is InChI=1S/C9H13N5O4/c10-13-12-5-3-8(18-6(5)4-15)14-2-1-7(16)11-9(14)17/h1-2,5-6,8,13,15H,3-4H2,(H2-,10,11,12,16,17)/t5-,6+,8+/m0/s1. The van der Waals surface area contributed by atoms with Crippen LogP contribution in [-0.2, 0) is 4.74 Å². The van der Waals surface area contributed by atoms with Gasteiger partial charge < -0.3 is 9.84 Å². The molecular formula is C9H13N5O4. The molecule has 1 saturated heterocycles. The van der Waals surface area contributed by atoms with Gasteiger partial charge in [0.1, 0.15) is 6.23 Å². The zero-order valence-electron chi connectivity index (χ0n) is 9.37. The third-order valence-corrected chi connectivity index (χ3v) is 2.83. The molecule has 2 rings (SSSR count). The van der Waals surface area contributed by atoms with Crippen molar-refractivity contribution < 1.29 is 15.1 Å². The van der Waals surface area contributed by atoms with Gasteiger partial charge in [0.2, 0.25) is 0 Å². The highest BCUT2D eigenvalue weighted by Gasteiger charge is 2.34. The van der Waals surface area contributed by atoms with Crippen LogP contribution in [0.15, 0.2) is 21.9 Å². The summed E-state index contributed by atoms with van der Waals surface area (Å²) in [6, 6.07) is 0.854. The van der Waals surface area contributed by atoms with Crippen molar-refractivity contribution in [2.45, 2.75) is 24.8 Å². The van der Waals surface area contributed by atoms with E-state index in [1.807, 2.05) is 0 Å². The number of hydrazine groups is 1. The Labute approximate surface area is 101 Å². The first-order chi connectivity index (χ1) is 8.65. The number of aliphatic hydroxyl groups is 1. The highest BCUT2D eigenvalue weighted by Crippen LogP contribution is 2.26. The van der Waals surface area contributed by atoms with Gasteiger partial charge in [0.05, 0.1) is 12.7 Å². The predicted molar refractivity (Wildman–Crippen MR) is 58.2 cm³/mol. The van der Waals surface area contributed by atoms with Crippen LogP contribution in [0.1, 0.15) is 12.6 Å². The Hall–Kier alpha value is -2.00. The SMILES string of the molecule is [N-]=[NH+]N[C@H]1C[C@H](n2ccc(=O)[nH]c2=O)O[C@@H]1CO. The quantitative estimate of drug-likeness (QED) is 0.332. The highest BCUT2D eigenvalue weighted by molar-refractivity contribution is 4.89. The number of hydrogen-bond acceptors (Lipinski definition) is 4. The maximum absolute atomic E-state index is 11.6. The molecule has 0 spiro atoms. The summed E-state index contributed by atoms with van der Waals surface area (Å²) in [5.41, 5.74) is 10.0. The third-order valence-electron chi connectivity index (χ3n) is 2.83. The third kappa shape index (κ3) is 2.31. The van der Waals surface area contributed by atoms with Crippen molar-refractivity contribution in [2.24, 2.45) is 0 Å². The molecule has 0 saturated carbocycles. The van der Waals surface area contributed by atoms with Gasteiger partial charge in [0.15, 0.2) is 0 Å². The number of aliphatic hydroxyl groups excluding tert-OH is 1. The summed E-state index contributed by atoms with van der Waals surface area (Å²) >= 11 is 0. The largest absolute Gasteiger partial charge is 0.394 e. The molecule has 0 aromatic carbocycles. The first-order valence-electron chi connectivity index (χ1n) is 5.38. The lowest BCUT2D eigenvalue weighted by molar-refractivity contribution is -0.556. The summed E-state index contributed by atoms with van der Waals surface area (Å²) in [4.78, 5) is 24.6. The summed E-state index contributed by atoms with van der Waals surface area (Å²) in [6.45, 7) is -0.256. The van der Waals surface area contributed by atoms with Gasteiger partial charge in [-0.05, 0) is 0 Å². The number of aromatic nitrogens is 2. The van der Waals surface area contributed by atoms with Crippen LogP contribution in [0.2, 0.25) is 0 Å². The van der Waals surface area contributed by atoms with Gasteiger partial charge in [-0.3, -0.25) is 19.8 Å². The molecule has 9 heteroatoms. The smallest absolute Gasteiger partial charge is 0.330 e. The van der Waals surface area contributed by atoms with E-state index in [9.17, 15) is 9.59 Å². The monoisotopic (exact) mass is 255 g/mol. The van der Waals surface area contributed by atoms with Crippen LogP contribution in [0.5, 0.6) is 0 Å². The van der Waals surface area contributed by atoms with E-state index in [1.54, 1.807) is 5.22 Å². The molecule has 2 heterocycles. The van der Waals surface area contributed by atoms with Gasteiger partial charge in [0, 0.05) is 24.7 Å². The zero-order chi connectivity index (χ0) is 13.1. The molecule has 1 aliphatic rings. The summed E-state index contributed by atoms with van der Waals surface area (Å²) in [5, 5.41) is 10.9. The minimum absolute atomic E-state index is 0.256. The van der Waals surface area contributed by atoms with E-state index in [2.05, 4.69) is 10.4 Å². The molecule has 4 N–H and O–H groups in total. The zero-order valence-corrected chi connectivity index (χ0v) is 9.37. The van der Waals surface area contributed by atoms with Gasteiger partial charge in [-0.1, -0.05) is 0 Å². The topological polar surface area (TPSA) is 133 Å². The summed E-state index contributed by atoms with van der Waals surface area (Å²) in [6.07, 6.45) is 0.505. The Morgan fingerprint density at radius 2 is 2.44 bits per heavy atom. The Morgan fingerprint density at radius 1 is 1.67 bits per heavy atom. The molecular weight excluding hydrogens is 242 g/mol. The number of nitrogens with zero attached hydrogens (tertiary/aromatic N) is 2. The van der Waals surface area contributed by atoms with Crippen molar-refractivity contribution in [1.29, 1.82) is 0 Å². The van der Waals surface area contributed by atoms with Crippen molar-refractivity contribution in [3.8, 4) is 0 Å². The fraction of sp³-hybridized carbons (Fsp3) is 0.556. The summed E-state index contributed by atoms with van der Waals surface area (Å²) in [7, 11) is 0. The van der Waals surface area contributed by atoms with Crippen molar-refractivity contribution in [1.82, 2.24) is 15.0 Å². The average Bonchev–Trinajstić information content (AvgIpc) is 2.72. The van der Waals surface area contributed by atoms with Crippen LogP contribution in [0.4, 0.5) is 0 Å². The van der Waals surface area contributed by atoms with Crippen LogP contribution in [-0.4, -0.2) is 33.4 Å². The van der Waals surface area contributed by atoms with E-state index in [1.165, 1.54) is 16.8 Å². The van der Waals surface area contributed by atoms with E-state index in [4.69, 9.17) is 15.4 Å². The van der Waals surface area contributed by atoms with E-state index in [0.29, 0.717) is 6.42 Å². The summed E-state index contributed by atoms with van der Waals surface area (Å²) in [5.74, 6) is 0. The van der Waals surface area contributed by atoms with Crippen molar-refractivity contribution in [2.75, 3.05) is 6.61 Å².